The summed E-state index contributed by atoms with van der Waals surface area (Å²) >= 11 is 0. The van der Waals surface area contributed by atoms with E-state index in [2.05, 4.69) is 9.72 Å². The molecule has 0 aliphatic rings. The van der Waals surface area contributed by atoms with Gasteiger partial charge in [0.1, 0.15) is 5.56 Å². The number of halogens is 5. The Morgan fingerprint density at radius 2 is 1.94 bits per heavy atom. The first-order chi connectivity index (χ1) is 7.29. The number of alkyl halides is 5. The standard InChI is InChI=1S/C8H7F5N2O/c1-16-5-4(8(11,12)13)3(6(9)10)2-15-7(5)14/h2,6H,1H3,(H2,14,15). The number of ether oxygens (including phenoxy) is 1. The predicted octanol–water partition coefficient (Wildman–Crippen LogP) is 2.63. The van der Waals surface area contributed by atoms with Crippen LogP contribution >= 0.6 is 0 Å². The molecule has 0 saturated carbocycles. The van der Waals surface area contributed by atoms with Crippen molar-refractivity contribution in [2.75, 3.05) is 12.8 Å². The molecule has 2 N–H and O–H groups in total. The lowest BCUT2D eigenvalue weighted by Gasteiger charge is -2.16. The van der Waals surface area contributed by atoms with Crippen molar-refractivity contribution < 1.29 is 26.7 Å². The molecule has 90 valence electrons. The van der Waals surface area contributed by atoms with Crippen LogP contribution < -0.4 is 10.5 Å². The van der Waals surface area contributed by atoms with E-state index < -0.39 is 35.3 Å². The minimum atomic E-state index is -4.98. The van der Waals surface area contributed by atoms with Crippen molar-refractivity contribution in [1.82, 2.24) is 4.98 Å². The highest BCUT2D eigenvalue weighted by Gasteiger charge is 2.40. The largest absolute Gasteiger partial charge is 0.492 e. The normalized spacial score (nSPS) is 11.9. The molecule has 0 bridgehead atoms. The van der Waals surface area contributed by atoms with Gasteiger partial charge in [-0.05, 0) is 0 Å². The highest BCUT2D eigenvalue weighted by atomic mass is 19.4. The van der Waals surface area contributed by atoms with Gasteiger partial charge in [0.2, 0.25) is 0 Å². The van der Waals surface area contributed by atoms with E-state index in [-0.39, 0.29) is 0 Å². The number of hydrogen-bond donors (Lipinski definition) is 1. The van der Waals surface area contributed by atoms with E-state index >= 15 is 0 Å². The van der Waals surface area contributed by atoms with Gasteiger partial charge in [0.15, 0.2) is 11.6 Å². The molecule has 0 unspecified atom stereocenters. The monoisotopic (exact) mass is 242 g/mol. The summed E-state index contributed by atoms with van der Waals surface area (Å²) < 4.78 is 66.7. The van der Waals surface area contributed by atoms with Crippen molar-refractivity contribution in [1.29, 1.82) is 0 Å². The molecule has 0 saturated heterocycles. The highest BCUT2D eigenvalue weighted by molar-refractivity contribution is 5.55. The van der Waals surface area contributed by atoms with E-state index in [0.717, 1.165) is 7.11 Å². The molecule has 3 nitrogen and oxygen atoms in total. The van der Waals surface area contributed by atoms with Crippen LogP contribution in [0.2, 0.25) is 0 Å². The molecule has 0 radical (unpaired) electrons. The maximum atomic E-state index is 12.5. The minimum absolute atomic E-state index is 0.394. The maximum absolute atomic E-state index is 12.5. The van der Waals surface area contributed by atoms with Crippen molar-refractivity contribution in [2.24, 2.45) is 0 Å². The summed E-state index contributed by atoms with van der Waals surface area (Å²) in [4.78, 5) is 3.22. The van der Waals surface area contributed by atoms with Crippen molar-refractivity contribution in [3.63, 3.8) is 0 Å². The van der Waals surface area contributed by atoms with Crippen LogP contribution in [0.15, 0.2) is 6.20 Å². The number of nitrogen functional groups attached to an aromatic ring is 1. The maximum Gasteiger partial charge on any atom is 0.420 e. The van der Waals surface area contributed by atoms with Crippen LogP contribution in [0, 0.1) is 0 Å². The number of rotatable bonds is 2. The summed E-state index contributed by atoms with van der Waals surface area (Å²) in [5, 5.41) is 0. The highest BCUT2D eigenvalue weighted by Crippen LogP contribution is 2.43. The molecule has 1 heterocycles. The quantitative estimate of drug-likeness (QED) is 0.811. The first kappa shape index (κ1) is 12.5. The average molecular weight is 242 g/mol. The first-order valence-corrected chi connectivity index (χ1v) is 3.96. The van der Waals surface area contributed by atoms with E-state index in [1.807, 2.05) is 0 Å². The fraction of sp³-hybridized carbons (Fsp3) is 0.375. The topological polar surface area (TPSA) is 48.1 Å². The summed E-state index contributed by atoms with van der Waals surface area (Å²) in [6, 6.07) is 0. The second-order valence-corrected chi connectivity index (χ2v) is 2.81. The zero-order valence-electron chi connectivity index (χ0n) is 7.98. The van der Waals surface area contributed by atoms with Crippen molar-refractivity contribution in [3.05, 3.63) is 17.3 Å². The SMILES string of the molecule is COc1c(N)ncc(C(F)F)c1C(F)(F)F. The molecule has 16 heavy (non-hydrogen) atoms. The fourth-order valence-electron chi connectivity index (χ4n) is 1.19. The lowest BCUT2D eigenvalue weighted by atomic mass is 10.1. The molecule has 0 fully saturated rings. The number of nitrogens with zero attached hydrogens (tertiary/aromatic N) is 1. The zero-order chi connectivity index (χ0) is 12.5. The van der Waals surface area contributed by atoms with Crippen LogP contribution in [0.1, 0.15) is 17.6 Å². The van der Waals surface area contributed by atoms with Crippen LogP contribution in [-0.2, 0) is 6.18 Å². The van der Waals surface area contributed by atoms with Crippen LogP contribution in [0.3, 0.4) is 0 Å². The summed E-state index contributed by atoms with van der Waals surface area (Å²) in [7, 11) is 0.901. The second kappa shape index (κ2) is 4.11. The smallest absolute Gasteiger partial charge is 0.420 e. The van der Waals surface area contributed by atoms with Gasteiger partial charge in [0, 0.05) is 6.20 Å². The summed E-state index contributed by atoms with van der Waals surface area (Å²) in [5.74, 6) is -1.47. The molecule has 1 aromatic rings. The van der Waals surface area contributed by atoms with Gasteiger partial charge in [0.25, 0.3) is 6.43 Å². The number of pyridine rings is 1. The van der Waals surface area contributed by atoms with Gasteiger partial charge in [-0.25, -0.2) is 13.8 Å². The van der Waals surface area contributed by atoms with Gasteiger partial charge in [-0.3, -0.25) is 0 Å². The van der Waals surface area contributed by atoms with Crippen molar-refractivity contribution >= 4 is 5.82 Å². The first-order valence-electron chi connectivity index (χ1n) is 3.96. The van der Waals surface area contributed by atoms with Gasteiger partial charge in [0.05, 0.1) is 12.7 Å². The van der Waals surface area contributed by atoms with E-state index in [1.165, 1.54) is 0 Å². The number of nitrogens with two attached hydrogens (primary N) is 1. The van der Waals surface area contributed by atoms with Gasteiger partial charge in [-0.2, -0.15) is 13.2 Å². The third-order valence-corrected chi connectivity index (χ3v) is 1.81. The van der Waals surface area contributed by atoms with Gasteiger partial charge in [-0.15, -0.1) is 0 Å². The molecule has 8 heteroatoms. The van der Waals surface area contributed by atoms with Gasteiger partial charge in [-0.1, -0.05) is 0 Å². The van der Waals surface area contributed by atoms with E-state index in [4.69, 9.17) is 5.73 Å². The number of methoxy groups -OCH3 is 1. The molecule has 0 aliphatic carbocycles. The molecule has 1 aromatic heterocycles. The number of aromatic nitrogens is 1. The molecule has 0 spiro atoms. The minimum Gasteiger partial charge on any atom is -0.492 e. The Morgan fingerprint density at radius 1 is 1.38 bits per heavy atom. The number of anilines is 1. The molecule has 0 atom stereocenters. The van der Waals surface area contributed by atoms with Crippen LogP contribution in [0.25, 0.3) is 0 Å². The van der Waals surface area contributed by atoms with E-state index in [1.54, 1.807) is 0 Å². The van der Waals surface area contributed by atoms with Crippen molar-refractivity contribution in [3.8, 4) is 5.75 Å². The molecule has 0 aliphatic heterocycles. The Kier molecular flexibility index (Phi) is 3.20. The molecule has 0 aromatic carbocycles. The van der Waals surface area contributed by atoms with Gasteiger partial charge >= 0.3 is 6.18 Å². The zero-order valence-corrected chi connectivity index (χ0v) is 7.98. The third-order valence-electron chi connectivity index (χ3n) is 1.81. The van der Waals surface area contributed by atoms with Crippen molar-refractivity contribution in [2.45, 2.75) is 12.6 Å². The second-order valence-electron chi connectivity index (χ2n) is 2.81. The third kappa shape index (κ3) is 2.15. The Labute approximate surface area is 87.0 Å². The van der Waals surface area contributed by atoms with E-state index in [9.17, 15) is 22.0 Å². The molecule has 1 rings (SSSR count). The van der Waals surface area contributed by atoms with Gasteiger partial charge < -0.3 is 10.5 Å². The fourth-order valence-corrected chi connectivity index (χ4v) is 1.19. The predicted molar refractivity (Wildman–Crippen MR) is 45.2 cm³/mol. The van der Waals surface area contributed by atoms with Crippen LogP contribution in [0.4, 0.5) is 27.8 Å². The Balaban J connectivity index is 3.54. The average Bonchev–Trinajstić information content (AvgIpc) is 2.15. The summed E-state index contributed by atoms with van der Waals surface area (Å²) in [5.41, 5.74) is 2.28. The Morgan fingerprint density at radius 3 is 2.31 bits per heavy atom. The summed E-state index contributed by atoms with van der Waals surface area (Å²) in [6.07, 6.45) is -7.89. The lowest BCUT2D eigenvalue weighted by Crippen LogP contribution is -2.14. The number of hydrogen-bond acceptors (Lipinski definition) is 3. The Bertz CT molecular complexity index is 391. The van der Waals surface area contributed by atoms with Crippen LogP contribution in [0.5, 0.6) is 5.75 Å². The molecule has 0 amide bonds. The Hall–Kier alpha value is -1.60. The van der Waals surface area contributed by atoms with Crippen LogP contribution in [-0.4, -0.2) is 12.1 Å². The molecular weight excluding hydrogens is 235 g/mol. The summed E-state index contributed by atoms with van der Waals surface area (Å²) in [6.45, 7) is 0. The van der Waals surface area contributed by atoms with E-state index in [0.29, 0.717) is 6.20 Å². The lowest BCUT2D eigenvalue weighted by molar-refractivity contribution is -0.140. The molecular formula is C8H7F5N2O.